The fraction of sp³-hybridized carbons (Fsp3) is 0.458. The van der Waals surface area contributed by atoms with Gasteiger partial charge in [-0.2, -0.15) is 4.31 Å². The topological polar surface area (TPSA) is 101 Å². The Balaban J connectivity index is 1.44. The van der Waals surface area contributed by atoms with E-state index in [0.717, 1.165) is 11.1 Å². The van der Waals surface area contributed by atoms with Gasteiger partial charge in [-0.15, -0.1) is 0 Å². The maximum Gasteiger partial charge on any atom is 0.271 e. The van der Waals surface area contributed by atoms with Crippen LogP contribution < -0.4 is 4.90 Å². The van der Waals surface area contributed by atoms with Gasteiger partial charge in [-0.1, -0.05) is 39.0 Å². The third-order valence-electron chi connectivity index (χ3n) is 6.60. The van der Waals surface area contributed by atoms with E-state index < -0.39 is 14.9 Å². The number of amides is 1. The van der Waals surface area contributed by atoms with Crippen molar-refractivity contribution in [3.63, 3.8) is 0 Å². The van der Waals surface area contributed by atoms with Crippen LogP contribution in [0.4, 0.5) is 11.4 Å². The Morgan fingerprint density at radius 1 is 1.03 bits per heavy atom. The summed E-state index contributed by atoms with van der Waals surface area (Å²) < 4.78 is 27.7. The monoisotopic (exact) mass is 471 g/mol. The number of carbonyl (C=O) groups is 1. The molecule has 176 valence electrons. The van der Waals surface area contributed by atoms with E-state index in [9.17, 15) is 23.3 Å². The van der Waals surface area contributed by atoms with Gasteiger partial charge in [0.25, 0.3) is 5.69 Å². The van der Waals surface area contributed by atoms with Crippen LogP contribution in [0.15, 0.2) is 47.4 Å². The molecule has 2 aliphatic rings. The summed E-state index contributed by atoms with van der Waals surface area (Å²) in [6.45, 7) is 7.28. The van der Waals surface area contributed by atoms with Crippen LogP contribution in [0.2, 0.25) is 0 Å². The van der Waals surface area contributed by atoms with Crippen molar-refractivity contribution < 1.29 is 18.1 Å². The maximum atomic E-state index is 13.2. The second kappa shape index (κ2) is 8.53. The zero-order valence-corrected chi connectivity index (χ0v) is 20.0. The van der Waals surface area contributed by atoms with Crippen molar-refractivity contribution in [2.45, 2.75) is 50.3 Å². The van der Waals surface area contributed by atoms with E-state index in [1.54, 1.807) is 23.1 Å². The van der Waals surface area contributed by atoms with Crippen molar-refractivity contribution >= 4 is 27.3 Å². The molecule has 0 aliphatic carbocycles. The maximum absolute atomic E-state index is 13.2. The number of benzene rings is 2. The molecule has 33 heavy (non-hydrogen) atoms. The molecule has 0 N–H and O–H groups in total. The minimum Gasteiger partial charge on any atom is -0.311 e. The van der Waals surface area contributed by atoms with Gasteiger partial charge in [0.2, 0.25) is 15.9 Å². The molecule has 0 spiro atoms. The van der Waals surface area contributed by atoms with E-state index in [2.05, 4.69) is 20.8 Å². The Kier molecular flexibility index (Phi) is 6.05. The quantitative estimate of drug-likeness (QED) is 0.498. The highest BCUT2D eigenvalue weighted by Gasteiger charge is 2.36. The molecule has 0 atom stereocenters. The molecule has 0 unspecified atom stereocenters. The third-order valence-corrected chi connectivity index (χ3v) is 8.52. The van der Waals surface area contributed by atoms with E-state index >= 15 is 0 Å². The molecule has 1 fully saturated rings. The van der Waals surface area contributed by atoms with Crippen molar-refractivity contribution in [3.05, 3.63) is 63.7 Å². The summed E-state index contributed by atoms with van der Waals surface area (Å²) in [6, 6.07) is 11.6. The number of piperidine rings is 1. The number of nitro benzene ring substituents is 1. The summed E-state index contributed by atoms with van der Waals surface area (Å²) in [6.07, 6.45) is 1.52. The van der Waals surface area contributed by atoms with Crippen molar-refractivity contribution in [1.29, 1.82) is 0 Å². The lowest BCUT2D eigenvalue weighted by Gasteiger charge is -2.32. The van der Waals surface area contributed by atoms with Gasteiger partial charge in [0.15, 0.2) is 0 Å². The van der Waals surface area contributed by atoms with Gasteiger partial charge >= 0.3 is 0 Å². The summed E-state index contributed by atoms with van der Waals surface area (Å²) in [5.74, 6) is -0.384. The fourth-order valence-electron chi connectivity index (χ4n) is 4.55. The lowest BCUT2D eigenvalue weighted by atomic mass is 9.87. The first-order valence-corrected chi connectivity index (χ1v) is 12.6. The first kappa shape index (κ1) is 23.4. The molecule has 2 aromatic carbocycles. The molecule has 1 saturated heterocycles. The van der Waals surface area contributed by atoms with Crippen LogP contribution in [0.1, 0.15) is 44.7 Å². The van der Waals surface area contributed by atoms with E-state index in [1.807, 2.05) is 12.1 Å². The minimum absolute atomic E-state index is 0.0353. The van der Waals surface area contributed by atoms with Crippen molar-refractivity contribution in [2.75, 3.05) is 24.5 Å². The Labute approximate surface area is 194 Å². The molecule has 1 amide bonds. The normalized spacial score (nSPS) is 17.7. The number of nitro groups is 1. The fourth-order valence-corrected chi connectivity index (χ4v) is 6.02. The smallest absolute Gasteiger partial charge is 0.271 e. The molecule has 9 heteroatoms. The molecular weight excluding hydrogens is 442 g/mol. The average Bonchev–Trinajstić information content (AvgIpc) is 3.21. The van der Waals surface area contributed by atoms with E-state index in [1.165, 1.54) is 16.4 Å². The lowest BCUT2D eigenvalue weighted by molar-refractivity contribution is -0.384. The lowest BCUT2D eigenvalue weighted by Crippen LogP contribution is -2.44. The molecule has 2 aliphatic heterocycles. The predicted octanol–water partition coefficient (Wildman–Crippen LogP) is 3.88. The number of rotatable bonds is 4. The Hall–Kier alpha value is -2.78. The highest BCUT2D eigenvalue weighted by Crippen LogP contribution is 2.35. The highest BCUT2D eigenvalue weighted by atomic mass is 32.2. The Morgan fingerprint density at radius 3 is 2.24 bits per heavy atom. The van der Waals surface area contributed by atoms with E-state index in [4.69, 9.17) is 0 Å². The van der Waals surface area contributed by atoms with Gasteiger partial charge in [0, 0.05) is 37.7 Å². The van der Waals surface area contributed by atoms with Crippen LogP contribution in [0, 0.1) is 16.0 Å². The van der Waals surface area contributed by atoms with Gasteiger partial charge in [0.1, 0.15) is 0 Å². The molecule has 2 aromatic rings. The summed E-state index contributed by atoms with van der Waals surface area (Å²) in [7, 11) is -3.62. The number of anilines is 1. The van der Waals surface area contributed by atoms with Crippen molar-refractivity contribution in [3.8, 4) is 0 Å². The van der Waals surface area contributed by atoms with Crippen LogP contribution in [-0.4, -0.2) is 43.2 Å². The third kappa shape index (κ3) is 4.52. The standard InChI is InChI=1S/C24H29N3O5S/c1-24(2,3)19-5-8-21(9-6-19)33(31,32)25-13-10-18(11-14-25)23(28)26-15-12-17-4-7-20(27(29)30)16-22(17)26/h4-9,16,18H,10-15H2,1-3H3. The minimum atomic E-state index is -3.62. The van der Waals surface area contributed by atoms with Crippen LogP contribution in [-0.2, 0) is 26.7 Å². The Bertz CT molecular complexity index is 1180. The number of non-ortho nitro benzene ring substituents is 1. The second-order valence-corrected chi connectivity index (χ2v) is 11.7. The molecule has 0 radical (unpaired) electrons. The van der Waals surface area contributed by atoms with Gasteiger partial charge in [-0.25, -0.2) is 8.42 Å². The summed E-state index contributed by atoms with van der Waals surface area (Å²) in [4.78, 5) is 25.8. The number of hydrogen-bond donors (Lipinski definition) is 0. The number of hydrogen-bond acceptors (Lipinski definition) is 5. The zero-order chi connectivity index (χ0) is 24.0. The van der Waals surface area contributed by atoms with Crippen LogP contribution in [0.25, 0.3) is 0 Å². The zero-order valence-electron chi connectivity index (χ0n) is 19.2. The number of fused-ring (bicyclic) bond motifs is 1. The van der Waals surface area contributed by atoms with E-state index in [-0.39, 0.29) is 40.9 Å². The van der Waals surface area contributed by atoms with Crippen molar-refractivity contribution in [2.24, 2.45) is 5.92 Å². The van der Waals surface area contributed by atoms with Gasteiger partial charge in [-0.05, 0) is 47.9 Å². The second-order valence-electron chi connectivity index (χ2n) is 9.76. The molecule has 0 bridgehead atoms. The first-order valence-electron chi connectivity index (χ1n) is 11.2. The van der Waals surface area contributed by atoms with Crippen LogP contribution in [0.5, 0.6) is 0 Å². The van der Waals surface area contributed by atoms with Crippen LogP contribution >= 0.6 is 0 Å². The van der Waals surface area contributed by atoms with Crippen molar-refractivity contribution in [1.82, 2.24) is 4.31 Å². The van der Waals surface area contributed by atoms with Gasteiger partial charge in [0.05, 0.1) is 15.5 Å². The molecule has 2 heterocycles. The van der Waals surface area contributed by atoms with Crippen LogP contribution in [0.3, 0.4) is 0 Å². The number of sulfonamides is 1. The largest absolute Gasteiger partial charge is 0.311 e. The van der Waals surface area contributed by atoms with Gasteiger partial charge < -0.3 is 4.90 Å². The van der Waals surface area contributed by atoms with Gasteiger partial charge in [-0.3, -0.25) is 14.9 Å². The molecular formula is C24H29N3O5S. The molecule has 4 rings (SSSR count). The number of nitrogens with zero attached hydrogens (tertiary/aromatic N) is 3. The Morgan fingerprint density at radius 2 is 1.67 bits per heavy atom. The molecule has 0 aromatic heterocycles. The summed E-state index contributed by atoms with van der Waals surface area (Å²) >= 11 is 0. The predicted molar refractivity (Wildman–Crippen MR) is 126 cm³/mol. The van der Waals surface area contributed by atoms with E-state index in [0.29, 0.717) is 31.5 Å². The SMILES string of the molecule is CC(C)(C)c1ccc(S(=O)(=O)N2CCC(C(=O)N3CCc4ccc([N+](=O)[O-])cc43)CC2)cc1. The average molecular weight is 472 g/mol. The summed E-state index contributed by atoms with van der Waals surface area (Å²) in [5, 5.41) is 11.1. The molecule has 8 nitrogen and oxygen atoms in total. The number of carbonyl (C=O) groups excluding carboxylic acids is 1. The highest BCUT2D eigenvalue weighted by molar-refractivity contribution is 7.89. The first-order chi connectivity index (χ1) is 15.5. The molecule has 0 saturated carbocycles. The summed E-state index contributed by atoms with van der Waals surface area (Å²) in [5.41, 5.74) is 2.50.